The van der Waals surface area contributed by atoms with Crippen molar-refractivity contribution < 1.29 is 9.84 Å². The van der Waals surface area contributed by atoms with Gasteiger partial charge < -0.3 is 15.2 Å². The Bertz CT molecular complexity index is 610. The molecule has 2 unspecified atom stereocenters. The van der Waals surface area contributed by atoms with E-state index < -0.39 is 6.10 Å². The molecule has 0 aromatic heterocycles. The minimum Gasteiger partial charge on any atom is -0.496 e. The van der Waals surface area contributed by atoms with Crippen molar-refractivity contribution in [2.45, 2.75) is 25.5 Å². The summed E-state index contributed by atoms with van der Waals surface area (Å²) in [6.07, 6.45) is 4.37. The third-order valence-electron chi connectivity index (χ3n) is 3.78. The quantitative estimate of drug-likeness (QED) is 0.779. The smallest absolute Gasteiger partial charge is 0.126 e. The van der Waals surface area contributed by atoms with E-state index in [4.69, 9.17) is 4.74 Å². The van der Waals surface area contributed by atoms with Crippen LogP contribution in [-0.2, 0) is 0 Å². The molecule has 0 aliphatic rings. The minimum absolute atomic E-state index is 0.229. The molecule has 2 atom stereocenters. The van der Waals surface area contributed by atoms with Crippen LogP contribution in [0.3, 0.4) is 0 Å². The first-order valence-corrected chi connectivity index (χ1v) is 7.96. The standard InChI is InChI=1S/C20H25NO2/c1-16(15-19(22)17-9-4-3-5-10-17)21-14-8-12-18-11-6-7-13-20(18)23-2/h3-13,16,19,21-22H,14-15H2,1-2H3/b12-8+. The molecule has 23 heavy (non-hydrogen) atoms. The molecule has 0 spiro atoms. The van der Waals surface area contributed by atoms with Gasteiger partial charge in [0.05, 0.1) is 13.2 Å². The predicted molar refractivity (Wildman–Crippen MR) is 95.5 cm³/mol. The zero-order valence-corrected chi connectivity index (χ0v) is 13.8. The van der Waals surface area contributed by atoms with Gasteiger partial charge in [-0.05, 0) is 25.0 Å². The topological polar surface area (TPSA) is 41.5 Å². The van der Waals surface area contributed by atoms with Crippen LogP contribution in [-0.4, -0.2) is 24.8 Å². The van der Waals surface area contributed by atoms with Gasteiger partial charge in [0.15, 0.2) is 0 Å². The van der Waals surface area contributed by atoms with Crippen molar-refractivity contribution in [2.24, 2.45) is 0 Å². The zero-order valence-electron chi connectivity index (χ0n) is 13.8. The Morgan fingerprint density at radius 2 is 1.78 bits per heavy atom. The maximum atomic E-state index is 10.2. The number of para-hydroxylation sites is 1. The van der Waals surface area contributed by atoms with Gasteiger partial charge in [-0.25, -0.2) is 0 Å². The van der Waals surface area contributed by atoms with E-state index in [1.165, 1.54) is 0 Å². The molecule has 0 radical (unpaired) electrons. The van der Waals surface area contributed by atoms with E-state index in [2.05, 4.69) is 18.3 Å². The van der Waals surface area contributed by atoms with Crippen LogP contribution in [0.25, 0.3) is 6.08 Å². The second-order valence-corrected chi connectivity index (χ2v) is 5.62. The van der Waals surface area contributed by atoms with Gasteiger partial charge in [-0.1, -0.05) is 60.7 Å². The van der Waals surface area contributed by atoms with Crippen LogP contribution in [0, 0.1) is 0 Å². The summed E-state index contributed by atoms with van der Waals surface area (Å²) in [6, 6.07) is 17.9. The lowest BCUT2D eigenvalue weighted by molar-refractivity contribution is 0.155. The van der Waals surface area contributed by atoms with Gasteiger partial charge in [-0.15, -0.1) is 0 Å². The third kappa shape index (κ3) is 5.55. The number of ether oxygens (including phenoxy) is 1. The molecule has 0 heterocycles. The van der Waals surface area contributed by atoms with Crippen molar-refractivity contribution in [1.82, 2.24) is 5.32 Å². The molecule has 3 nitrogen and oxygen atoms in total. The maximum Gasteiger partial charge on any atom is 0.126 e. The first-order valence-electron chi connectivity index (χ1n) is 7.96. The van der Waals surface area contributed by atoms with Crippen LogP contribution >= 0.6 is 0 Å². The Labute approximate surface area is 138 Å². The zero-order chi connectivity index (χ0) is 16.5. The first-order chi connectivity index (χ1) is 11.2. The van der Waals surface area contributed by atoms with E-state index in [1.807, 2.05) is 60.7 Å². The van der Waals surface area contributed by atoms with E-state index >= 15 is 0 Å². The number of hydrogen-bond donors (Lipinski definition) is 2. The molecule has 2 rings (SSSR count). The summed E-state index contributed by atoms with van der Waals surface area (Å²) in [6.45, 7) is 2.84. The molecule has 2 N–H and O–H groups in total. The number of aliphatic hydroxyl groups is 1. The average molecular weight is 311 g/mol. The molecule has 2 aromatic carbocycles. The van der Waals surface area contributed by atoms with Crippen molar-refractivity contribution in [2.75, 3.05) is 13.7 Å². The Hall–Kier alpha value is -2.10. The fraction of sp³-hybridized carbons (Fsp3) is 0.300. The molecule has 0 amide bonds. The molecule has 0 saturated heterocycles. The molecular formula is C20H25NO2. The maximum absolute atomic E-state index is 10.2. The molecule has 3 heteroatoms. The van der Waals surface area contributed by atoms with Gasteiger partial charge in [-0.2, -0.15) is 0 Å². The minimum atomic E-state index is -0.433. The second kappa shape index (κ2) is 9.13. The highest BCUT2D eigenvalue weighted by Gasteiger charge is 2.11. The first kappa shape index (κ1) is 17.3. The summed E-state index contributed by atoms with van der Waals surface area (Å²) in [4.78, 5) is 0. The highest BCUT2D eigenvalue weighted by Crippen LogP contribution is 2.19. The molecule has 0 aliphatic carbocycles. The Morgan fingerprint density at radius 1 is 1.09 bits per heavy atom. The third-order valence-corrected chi connectivity index (χ3v) is 3.78. The number of benzene rings is 2. The lowest BCUT2D eigenvalue weighted by Crippen LogP contribution is -2.27. The van der Waals surface area contributed by atoms with Crippen molar-refractivity contribution in [3.63, 3.8) is 0 Å². The SMILES string of the molecule is COc1ccccc1/C=C/CNC(C)CC(O)c1ccccc1. The van der Waals surface area contributed by atoms with Crippen molar-refractivity contribution in [1.29, 1.82) is 0 Å². The van der Waals surface area contributed by atoms with Crippen molar-refractivity contribution in [3.8, 4) is 5.75 Å². The van der Waals surface area contributed by atoms with Crippen LogP contribution in [0.1, 0.15) is 30.6 Å². The monoisotopic (exact) mass is 311 g/mol. The molecule has 122 valence electrons. The predicted octanol–water partition coefficient (Wildman–Crippen LogP) is 3.81. The van der Waals surface area contributed by atoms with Gasteiger partial charge in [0.25, 0.3) is 0 Å². The Balaban J connectivity index is 1.78. The normalized spacial score (nSPS) is 13.9. The van der Waals surface area contributed by atoms with Crippen LogP contribution in [0.2, 0.25) is 0 Å². The summed E-state index contributed by atoms with van der Waals surface area (Å²) in [5, 5.41) is 13.6. The van der Waals surface area contributed by atoms with E-state index in [0.29, 0.717) is 6.42 Å². The number of aliphatic hydroxyl groups excluding tert-OH is 1. The number of nitrogens with one attached hydrogen (secondary N) is 1. The van der Waals surface area contributed by atoms with Crippen LogP contribution in [0.5, 0.6) is 5.75 Å². The Kier molecular flexibility index (Phi) is 6.85. The van der Waals surface area contributed by atoms with E-state index in [0.717, 1.165) is 23.4 Å². The van der Waals surface area contributed by atoms with Gasteiger partial charge in [0.2, 0.25) is 0 Å². The second-order valence-electron chi connectivity index (χ2n) is 5.62. The van der Waals surface area contributed by atoms with E-state index in [9.17, 15) is 5.11 Å². The van der Waals surface area contributed by atoms with E-state index in [1.54, 1.807) is 7.11 Å². The molecule has 0 saturated carbocycles. The van der Waals surface area contributed by atoms with Gasteiger partial charge >= 0.3 is 0 Å². The summed E-state index contributed by atoms with van der Waals surface area (Å²) in [5.41, 5.74) is 2.03. The molecule has 0 aliphatic heterocycles. The number of rotatable bonds is 8. The van der Waals surface area contributed by atoms with Gasteiger partial charge in [0, 0.05) is 18.2 Å². The largest absolute Gasteiger partial charge is 0.496 e. The molecule has 2 aromatic rings. The molecule has 0 bridgehead atoms. The molecular weight excluding hydrogens is 286 g/mol. The number of methoxy groups -OCH3 is 1. The fourth-order valence-electron chi connectivity index (χ4n) is 2.49. The van der Waals surface area contributed by atoms with Crippen LogP contribution in [0.15, 0.2) is 60.7 Å². The van der Waals surface area contributed by atoms with E-state index in [-0.39, 0.29) is 6.04 Å². The van der Waals surface area contributed by atoms with Gasteiger partial charge in [0.1, 0.15) is 5.75 Å². The number of hydrogen-bond acceptors (Lipinski definition) is 3. The summed E-state index contributed by atoms with van der Waals surface area (Å²) in [7, 11) is 1.68. The fourth-order valence-corrected chi connectivity index (χ4v) is 2.49. The Morgan fingerprint density at radius 3 is 2.52 bits per heavy atom. The highest BCUT2D eigenvalue weighted by atomic mass is 16.5. The summed E-state index contributed by atoms with van der Waals surface area (Å²) < 4.78 is 5.32. The summed E-state index contributed by atoms with van der Waals surface area (Å²) >= 11 is 0. The van der Waals surface area contributed by atoms with Crippen LogP contribution in [0.4, 0.5) is 0 Å². The lowest BCUT2D eigenvalue weighted by Gasteiger charge is -2.17. The highest BCUT2D eigenvalue weighted by molar-refractivity contribution is 5.57. The van der Waals surface area contributed by atoms with Crippen molar-refractivity contribution in [3.05, 3.63) is 71.8 Å². The van der Waals surface area contributed by atoms with Crippen LogP contribution < -0.4 is 10.1 Å². The average Bonchev–Trinajstić information content (AvgIpc) is 2.59. The molecule has 0 fully saturated rings. The van der Waals surface area contributed by atoms with Gasteiger partial charge in [-0.3, -0.25) is 0 Å². The van der Waals surface area contributed by atoms with Crippen molar-refractivity contribution >= 4 is 6.08 Å². The summed E-state index contributed by atoms with van der Waals surface area (Å²) in [5.74, 6) is 0.872. The lowest BCUT2D eigenvalue weighted by atomic mass is 10.0.